The van der Waals surface area contributed by atoms with Gasteiger partial charge in [-0.15, -0.1) is 0 Å². The molecule has 1 fully saturated rings. The fraction of sp³-hybridized carbons (Fsp3) is 0.481. The van der Waals surface area contributed by atoms with E-state index in [2.05, 4.69) is 74.5 Å². The summed E-state index contributed by atoms with van der Waals surface area (Å²) in [6, 6.07) is 18.3. The van der Waals surface area contributed by atoms with Gasteiger partial charge >= 0.3 is 0 Å². The second kappa shape index (κ2) is 11.2. The number of hydrogen-bond donors (Lipinski definition) is 0. The molecule has 1 heteroatoms. The van der Waals surface area contributed by atoms with Crippen molar-refractivity contribution >= 4 is 6.08 Å². The third-order valence-electron chi connectivity index (χ3n) is 6.10. The fourth-order valence-electron chi connectivity index (χ4n) is 4.36. The maximum atomic E-state index is 5.65. The largest absolute Gasteiger partial charge is 0.377 e. The Labute approximate surface area is 171 Å². The molecule has 0 aromatic heterocycles. The number of hydrogen-bond acceptors (Lipinski definition) is 1. The van der Waals surface area contributed by atoms with Crippen LogP contribution in [0.2, 0.25) is 0 Å². The molecule has 0 radical (unpaired) electrons. The van der Waals surface area contributed by atoms with E-state index in [9.17, 15) is 0 Å². The van der Waals surface area contributed by atoms with Crippen molar-refractivity contribution in [2.24, 2.45) is 5.92 Å². The summed E-state index contributed by atoms with van der Waals surface area (Å²) >= 11 is 0. The van der Waals surface area contributed by atoms with Crippen LogP contribution in [-0.2, 0) is 17.8 Å². The Balaban J connectivity index is 1.41. The smallest absolute Gasteiger partial charge is 0.0716 e. The first kappa shape index (κ1) is 20.9. The summed E-state index contributed by atoms with van der Waals surface area (Å²) in [4.78, 5) is 0. The normalized spacial score (nSPS) is 19.9. The van der Waals surface area contributed by atoms with Crippen LogP contribution in [-0.4, -0.2) is 6.61 Å². The van der Waals surface area contributed by atoms with Crippen LogP contribution in [0.15, 0.2) is 54.6 Å². The van der Waals surface area contributed by atoms with Gasteiger partial charge in [-0.05, 0) is 86.0 Å². The topological polar surface area (TPSA) is 9.23 Å². The van der Waals surface area contributed by atoms with Crippen LogP contribution in [0.5, 0.6) is 0 Å². The monoisotopic (exact) mass is 376 g/mol. The van der Waals surface area contributed by atoms with E-state index in [0.29, 0.717) is 0 Å². The van der Waals surface area contributed by atoms with Crippen LogP contribution in [0.25, 0.3) is 6.08 Å². The molecule has 1 aliphatic rings. The summed E-state index contributed by atoms with van der Waals surface area (Å²) < 4.78 is 5.65. The van der Waals surface area contributed by atoms with E-state index >= 15 is 0 Å². The SMILES string of the molecule is C/C=C/c1ccc(CCC2CCC(c3ccc(COCCC)cc3)CC2)cc1. The minimum atomic E-state index is 0.747. The van der Waals surface area contributed by atoms with Crippen LogP contribution >= 0.6 is 0 Å². The summed E-state index contributed by atoms with van der Waals surface area (Å²) in [5, 5.41) is 0. The number of rotatable bonds is 9. The number of aryl methyl sites for hydroxylation is 1. The lowest BCUT2D eigenvalue weighted by molar-refractivity contribution is 0.121. The lowest BCUT2D eigenvalue weighted by atomic mass is 9.77. The zero-order valence-corrected chi connectivity index (χ0v) is 17.7. The van der Waals surface area contributed by atoms with Gasteiger partial charge in [-0.2, -0.15) is 0 Å². The molecule has 0 heterocycles. The molecule has 2 aromatic carbocycles. The van der Waals surface area contributed by atoms with Gasteiger partial charge in [0.05, 0.1) is 6.61 Å². The predicted octanol–water partition coefficient (Wildman–Crippen LogP) is 7.55. The quantitative estimate of drug-likeness (QED) is 0.410. The zero-order valence-electron chi connectivity index (χ0n) is 17.7. The Morgan fingerprint density at radius 3 is 2.21 bits per heavy atom. The molecular formula is C27H36O. The van der Waals surface area contributed by atoms with Crippen molar-refractivity contribution in [1.29, 1.82) is 0 Å². The highest BCUT2D eigenvalue weighted by molar-refractivity contribution is 5.49. The van der Waals surface area contributed by atoms with Crippen molar-refractivity contribution in [2.45, 2.75) is 71.3 Å². The highest BCUT2D eigenvalue weighted by Crippen LogP contribution is 2.37. The van der Waals surface area contributed by atoms with Gasteiger partial charge in [0.1, 0.15) is 0 Å². The zero-order chi connectivity index (χ0) is 19.6. The van der Waals surface area contributed by atoms with Gasteiger partial charge in [0.2, 0.25) is 0 Å². The number of ether oxygens (including phenoxy) is 1. The molecule has 1 nitrogen and oxygen atoms in total. The van der Waals surface area contributed by atoms with Gasteiger partial charge in [0.15, 0.2) is 0 Å². The second-order valence-electron chi connectivity index (χ2n) is 8.29. The van der Waals surface area contributed by atoms with Gasteiger partial charge < -0.3 is 4.74 Å². The predicted molar refractivity (Wildman–Crippen MR) is 121 cm³/mol. The average molecular weight is 377 g/mol. The molecule has 0 saturated heterocycles. The Morgan fingerprint density at radius 2 is 1.57 bits per heavy atom. The first-order valence-electron chi connectivity index (χ1n) is 11.2. The van der Waals surface area contributed by atoms with E-state index in [1.807, 2.05) is 0 Å². The number of allylic oxidation sites excluding steroid dienone is 1. The van der Waals surface area contributed by atoms with Crippen molar-refractivity contribution in [3.8, 4) is 0 Å². The van der Waals surface area contributed by atoms with Gasteiger partial charge in [0, 0.05) is 6.61 Å². The van der Waals surface area contributed by atoms with Crippen molar-refractivity contribution in [1.82, 2.24) is 0 Å². The Kier molecular flexibility index (Phi) is 8.36. The van der Waals surface area contributed by atoms with Crippen LogP contribution < -0.4 is 0 Å². The molecule has 28 heavy (non-hydrogen) atoms. The molecule has 0 amide bonds. The average Bonchev–Trinajstić information content (AvgIpc) is 2.75. The maximum Gasteiger partial charge on any atom is 0.0716 e. The van der Waals surface area contributed by atoms with Crippen molar-refractivity contribution < 1.29 is 4.74 Å². The summed E-state index contributed by atoms with van der Waals surface area (Å²) in [7, 11) is 0. The number of benzene rings is 2. The molecule has 0 bridgehead atoms. The minimum absolute atomic E-state index is 0.747. The molecule has 0 unspecified atom stereocenters. The molecule has 3 rings (SSSR count). The van der Waals surface area contributed by atoms with Crippen molar-refractivity contribution in [3.63, 3.8) is 0 Å². The van der Waals surface area contributed by atoms with E-state index in [0.717, 1.165) is 31.5 Å². The van der Waals surface area contributed by atoms with E-state index in [1.54, 1.807) is 0 Å². The van der Waals surface area contributed by atoms with E-state index < -0.39 is 0 Å². The first-order valence-corrected chi connectivity index (χ1v) is 11.2. The van der Waals surface area contributed by atoms with Gasteiger partial charge in [-0.25, -0.2) is 0 Å². The standard InChI is InChI=1S/C27H36O/c1-3-5-22-6-8-23(9-7-22)10-11-24-12-16-26(17-13-24)27-18-14-25(15-19-27)21-28-20-4-2/h3,5-9,14-15,18-19,24,26H,4,10-13,16-17,20-21H2,1-2H3/b5-3+. The van der Waals surface area contributed by atoms with Crippen LogP contribution in [0.1, 0.15) is 80.5 Å². The molecule has 150 valence electrons. The van der Waals surface area contributed by atoms with Crippen LogP contribution in [0, 0.1) is 5.92 Å². The van der Waals surface area contributed by atoms with E-state index in [-0.39, 0.29) is 0 Å². The third kappa shape index (κ3) is 6.34. The van der Waals surface area contributed by atoms with Crippen LogP contribution in [0.3, 0.4) is 0 Å². The maximum absolute atomic E-state index is 5.65. The Morgan fingerprint density at radius 1 is 0.893 bits per heavy atom. The minimum Gasteiger partial charge on any atom is -0.377 e. The molecular weight excluding hydrogens is 340 g/mol. The summed E-state index contributed by atoms with van der Waals surface area (Å²) in [5.74, 6) is 1.65. The summed E-state index contributed by atoms with van der Waals surface area (Å²) in [5.41, 5.74) is 5.61. The molecule has 2 aromatic rings. The second-order valence-corrected chi connectivity index (χ2v) is 8.29. The van der Waals surface area contributed by atoms with E-state index in [1.165, 1.54) is 60.8 Å². The molecule has 0 spiro atoms. The molecule has 0 aliphatic heterocycles. The lowest BCUT2D eigenvalue weighted by Gasteiger charge is -2.29. The summed E-state index contributed by atoms with van der Waals surface area (Å²) in [6.45, 7) is 5.82. The van der Waals surface area contributed by atoms with Crippen molar-refractivity contribution in [3.05, 3.63) is 76.9 Å². The lowest BCUT2D eigenvalue weighted by Crippen LogP contribution is -2.14. The molecule has 1 aliphatic carbocycles. The fourth-order valence-corrected chi connectivity index (χ4v) is 4.36. The van der Waals surface area contributed by atoms with Gasteiger partial charge in [-0.1, -0.05) is 67.6 Å². The summed E-state index contributed by atoms with van der Waals surface area (Å²) in [6.07, 6.45) is 13.3. The molecule has 0 atom stereocenters. The third-order valence-corrected chi connectivity index (χ3v) is 6.10. The first-order chi connectivity index (χ1) is 13.8. The van der Waals surface area contributed by atoms with Crippen LogP contribution in [0.4, 0.5) is 0 Å². The van der Waals surface area contributed by atoms with Crippen molar-refractivity contribution in [2.75, 3.05) is 6.61 Å². The Bertz CT molecular complexity index is 703. The van der Waals surface area contributed by atoms with Gasteiger partial charge in [-0.3, -0.25) is 0 Å². The van der Waals surface area contributed by atoms with E-state index in [4.69, 9.17) is 4.74 Å². The highest BCUT2D eigenvalue weighted by atomic mass is 16.5. The molecule has 1 saturated carbocycles. The Hall–Kier alpha value is -1.86. The van der Waals surface area contributed by atoms with Gasteiger partial charge in [0.25, 0.3) is 0 Å². The highest BCUT2D eigenvalue weighted by Gasteiger charge is 2.22. The molecule has 0 N–H and O–H groups in total.